The maximum Gasteiger partial charge on any atom is 0.220 e. The zero-order chi connectivity index (χ0) is 68.9. The second-order valence-corrected chi connectivity index (χ2v) is 28.2. The van der Waals surface area contributed by atoms with E-state index < -0.39 is 124 Å². The van der Waals surface area contributed by atoms with E-state index in [1.807, 2.05) is 0 Å². The number of carbonyl (C=O) groups excluding carboxylic acids is 1. The van der Waals surface area contributed by atoms with Crippen LogP contribution in [0.5, 0.6) is 0 Å². The number of amides is 1. The molecule has 3 fully saturated rings. The van der Waals surface area contributed by atoms with E-state index >= 15 is 0 Å². The van der Waals surface area contributed by atoms with Crippen molar-refractivity contribution in [2.24, 2.45) is 0 Å². The molecular formula is C76H143NO18. The van der Waals surface area contributed by atoms with Crippen molar-refractivity contribution < 1.29 is 89.4 Å². The van der Waals surface area contributed by atoms with Crippen molar-refractivity contribution in [3.63, 3.8) is 0 Å². The SMILES string of the molecule is CCCCCCC/C=C\C/C=C\CCCCCCCCCCCC(=O)NC(COC1OC(CO)C(OC2OC(CO)C(OC3OC(CO)C(O)C(O)C3O)C(O)C2O)C(O)C1O)C(O)CCCCCCCCCCCCCCCCCCCCCCCCCCCCCCC. The van der Waals surface area contributed by atoms with Crippen molar-refractivity contribution in [1.82, 2.24) is 5.32 Å². The summed E-state index contributed by atoms with van der Waals surface area (Å²) in [5.41, 5.74) is 0. The number of allylic oxidation sites excluding steroid dienone is 4. The van der Waals surface area contributed by atoms with E-state index in [2.05, 4.69) is 43.5 Å². The lowest BCUT2D eigenvalue weighted by Gasteiger charge is -2.48. The first kappa shape index (κ1) is 87.5. The maximum absolute atomic E-state index is 13.5. The Bertz CT molecular complexity index is 1810. The van der Waals surface area contributed by atoms with Gasteiger partial charge >= 0.3 is 0 Å². The minimum Gasteiger partial charge on any atom is -0.394 e. The molecule has 0 aromatic heterocycles. The van der Waals surface area contributed by atoms with Gasteiger partial charge in [0.2, 0.25) is 5.91 Å². The molecule has 17 unspecified atom stereocenters. The second kappa shape index (κ2) is 57.8. The van der Waals surface area contributed by atoms with Gasteiger partial charge in [-0.05, 0) is 44.9 Å². The van der Waals surface area contributed by atoms with Crippen molar-refractivity contribution in [1.29, 1.82) is 0 Å². The molecule has 3 heterocycles. The summed E-state index contributed by atoms with van der Waals surface area (Å²) in [6.07, 6.45) is 41.2. The van der Waals surface area contributed by atoms with Gasteiger partial charge in [-0.15, -0.1) is 0 Å². The van der Waals surface area contributed by atoms with Gasteiger partial charge in [0.25, 0.3) is 0 Å². The summed E-state index contributed by atoms with van der Waals surface area (Å²) >= 11 is 0. The minimum absolute atomic E-state index is 0.242. The van der Waals surface area contributed by atoms with Crippen molar-refractivity contribution in [3.8, 4) is 0 Å². The van der Waals surface area contributed by atoms with Gasteiger partial charge in [0.1, 0.15) is 73.2 Å². The molecule has 17 atom stereocenters. The fourth-order valence-electron chi connectivity index (χ4n) is 13.5. The van der Waals surface area contributed by atoms with Crippen LogP contribution >= 0.6 is 0 Å². The van der Waals surface area contributed by atoms with Crippen molar-refractivity contribution in [2.45, 2.75) is 426 Å². The molecule has 0 saturated carbocycles. The van der Waals surface area contributed by atoms with E-state index in [0.717, 1.165) is 57.8 Å². The van der Waals surface area contributed by atoms with E-state index in [-0.39, 0.29) is 18.9 Å². The molecule has 3 aliphatic rings. The molecule has 0 aliphatic carbocycles. The molecule has 95 heavy (non-hydrogen) atoms. The number of aliphatic hydroxyl groups excluding tert-OH is 11. The van der Waals surface area contributed by atoms with Gasteiger partial charge in [0, 0.05) is 6.42 Å². The molecule has 3 aliphatic heterocycles. The lowest BCUT2D eigenvalue weighted by atomic mass is 9.96. The first-order valence-electron chi connectivity index (χ1n) is 39.1. The smallest absolute Gasteiger partial charge is 0.220 e. The van der Waals surface area contributed by atoms with Crippen LogP contribution in [-0.4, -0.2) is 193 Å². The van der Waals surface area contributed by atoms with Crippen molar-refractivity contribution in [3.05, 3.63) is 24.3 Å². The molecule has 0 aromatic rings. The third-order valence-corrected chi connectivity index (χ3v) is 19.8. The normalized spacial score (nSPS) is 27.3. The zero-order valence-electron chi connectivity index (χ0n) is 59.7. The van der Waals surface area contributed by atoms with Crippen LogP contribution in [0.4, 0.5) is 0 Å². The predicted octanol–water partition coefficient (Wildman–Crippen LogP) is 12.2. The molecule has 3 rings (SSSR count). The molecule has 1 amide bonds. The number of aliphatic hydroxyl groups is 11. The Morgan fingerprint density at radius 1 is 0.379 bits per heavy atom. The third kappa shape index (κ3) is 38.8. The fourth-order valence-corrected chi connectivity index (χ4v) is 13.5. The highest BCUT2D eigenvalue weighted by atomic mass is 16.8. The highest BCUT2D eigenvalue weighted by Crippen LogP contribution is 2.33. The molecule has 12 N–H and O–H groups in total. The third-order valence-electron chi connectivity index (χ3n) is 19.8. The van der Waals surface area contributed by atoms with E-state index in [1.54, 1.807) is 0 Å². The first-order valence-corrected chi connectivity index (χ1v) is 39.1. The largest absolute Gasteiger partial charge is 0.394 e. The Morgan fingerprint density at radius 3 is 1.07 bits per heavy atom. The standard InChI is InChI=1S/C76H143NO18/c1-3-5-7-9-11-13-15-17-19-21-23-25-26-27-28-29-30-31-32-34-35-37-39-41-43-45-47-49-51-53-60(81)59(77-64(82)54-52-50-48-46-44-42-40-38-36-33-24-22-20-18-16-14-12-10-8-6-4-2)58-90-74-70(88)67(85)72(62(56-79)92-74)95-76-71(89)68(86)73(63(57-80)93-76)94-75-69(87)66(84)65(83)61(55-78)91-75/h16,18,22,24,59-63,65-76,78-81,83-89H,3-15,17,19-21,23,25-58H2,1-2H3,(H,77,82)/b18-16-,24-22-. The molecule has 0 aromatic carbocycles. The number of rotatable bonds is 62. The van der Waals surface area contributed by atoms with E-state index in [1.165, 1.54) is 231 Å². The minimum atomic E-state index is -1.97. The molecular weight excluding hydrogens is 1210 g/mol. The van der Waals surface area contributed by atoms with Gasteiger partial charge in [-0.25, -0.2) is 0 Å². The van der Waals surface area contributed by atoms with Gasteiger partial charge in [-0.2, -0.15) is 0 Å². The number of unbranched alkanes of at least 4 members (excludes halogenated alkanes) is 42. The summed E-state index contributed by atoms with van der Waals surface area (Å²) in [4.78, 5) is 13.5. The summed E-state index contributed by atoms with van der Waals surface area (Å²) < 4.78 is 34.5. The van der Waals surface area contributed by atoms with E-state index in [0.29, 0.717) is 12.8 Å². The second-order valence-electron chi connectivity index (χ2n) is 28.2. The number of nitrogens with one attached hydrogen (secondary N) is 1. The highest BCUT2D eigenvalue weighted by molar-refractivity contribution is 5.76. The van der Waals surface area contributed by atoms with Gasteiger partial charge in [0.15, 0.2) is 18.9 Å². The van der Waals surface area contributed by atoms with Crippen LogP contribution in [0.25, 0.3) is 0 Å². The topological polar surface area (TPSA) is 307 Å². The van der Waals surface area contributed by atoms with Crippen LogP contribution in [0.2, 0.25) is 0 Å². The monoisotopic (exact) mass is 1360 g/mol. The van der Waals surface area contributed by atoms with Gasteiger partial charge in [-0.3, -0.25) is 4.79 Å². The number of hydrogen-bond donors (Lipinski definition) is 12. The lowest BCUT2D eigenvalue weighted by Crippen LogP contribution is -2.66. The lowest BCUT2D eigenvalue weighted by molar-refractivity contribution is -0.379. The first-order chi connectivity index (χ1) is 46.3. The summed E-state index contributed by atoms with van der Waals surface area (Å²) in [5, 5.41) is 121. The quantitative estimate of drug-likeness (QED) is 0.0199. The van der Waals surface area contributed by atoms with Gasteiger partial charge in [0.05, 0.1) is 38.6 Å². The molecule has 0 bridgehead atoms. The Kier molecular flexibility index (Phi) is 53.3. The average molecular weight is 1360 g/mol. The summed E-state index contributed by atoms with van der Waals surface area (Å²) in [6.45, 7) is 1.83. The van der Waals surface area contributed by atoms with E-state index in [4.69, 9.17) is 28.4 Å². The molecule has 19 heteroatoms. The van der Waals surface area contributed by atoms with Crippen LogP contribution in [0, 0.1) is 0 Å². The predicted molar refractivity (Wildman–Crippen MR) is 374 cm³/mol. The molecule has 560 valence electrons. The van der Waals surface area contributed by atoms with E-state index in [9.17, 15) is 61.0 Å². The number of ether oxygens (including phenoxy) is 6. The maximum atomic E-state index is 13.5. The summed E-state index contributed by atoms with van der Waals surface area (Å²) in [7, 11) is 0. The Labute approximate surface area is 575 Å². The Morgan fingerprint density at radius 2 is 0.695 bits per heavy atom. The molecule has 0 spiro atoms. The van der Waals surface area contributed by atoms with Crippen LogP contribution in [0.1, 0.15) is 322 Å². The zero-order valence-corrected chi connectivity index (χ0v) is 59.7. The van der Waals surface area contributed by atoms with Gasteiger partial charge in [-0.1, -0.05) is 295 Å². The number of hydrogen-bond acceptors (Lipinski definition) is 18. The van der Waals surface area contributed by atoms with Gasteiger partial charge < -0.3 is 89.9 Å². The van der Waals surface area contributed by atoms with Crippen LogP contribution in [0.15, 0.2) is 24.3 Å². The van der Waals surface area contributed by atoms with Crippen LogP contribution in [-0.2, 0) is 33.2 Å². The number of carbonyl (C=O) groups is 1. The van der Waals surface area contributed by atoms with Crippen LogP contribution in [0.3, 0.4) is 0 Å². The Hall–Kier alpha value is -1.73. The Balaban J connectivity index is 1.38. The molecule has 19 nitrogen and oxygen atoms in total. The summed E-state index contributed by atoms with van der Waals surface area (Å²) in [6, 6.07) is -0.890. The highest BCUT2D eigenvalue weighted by Gasteiger charge is 2.54. The van der Waals surface area contributed by atoms with Crippen LogP contribution < -0.4 is 5.32 Å². The molecule has 0 radical (unpaired) electrons. The fraction of sp³-hybridized carbons (Fsp3) is 0.934. The van der Waals surface area contributed by atoms with Crippen molar-refractivity contribution in [2.75, 3.05) is 26.4 Å². The summed E-state index contributed by atoms with van der Waals surface area (Å²) in [5.74, 6) is -0.242. The average Bonchev–Trinajstić information content (AvgIpc) is 0.787. The van der Waals surface area contributed by atoms with Crippen molar-refractivity contribution >= 4 is 5.91 Å². The molecule has 3 saturated heterocycles.